The smallest absolute Gasteiger partial charge is 0.123 e. The lowest BCUT2D eigenvalue weighted by Crippen LogP contribution is -2.43. The van der Waals surface area contributed by atoms with Crippen molar-refractivity contribution in [3.8, 4) is 5.75 Å². The van der Waals surface area contributed by atoms with Gasteiger partial charge in [-0.3, -0.25) is 0 Å². The molecule has 1 heterocycles. The van der Waals surface area contributed by atoms with E-state index in [1.54, 1.807) is 0 Å². The van der Waals surface area contributed by atoms with E-state index < -0.39 is 0 Å². The summed E-state index contributed by atoms with van der Waals surface area (Å²) < 4.78 is 5.94. The van der Waals surface area contributed by atoms with E-state index in [1.807, 2.05) is 0 Å². The Balaban J connectivity index is 1.92. The Morgan fingerprint density at radius 1 is 1.41 bits per heavy atom. The molecule has 0 fully saturated rings. The summed E-state index contributed by atoms with van der Waals surface area (Å²) in [6.07, 6.45) is 2.45. The molecule has 1 aromatic carbocycles. The molecule has 2 heteroatoms. The van der Waals surface area contributed by atoms with E-state index in [2.05, 4.69) is 51.2 Å². The lowest BCUT2D eigenvalue weighted by Gasteiger charge is -2.26. The van der Waals surface area contributed by atoms with Crippen LogP contribution in [0.15, 0.2) is 18.2 Å². The van der Waals surface area contributed by atoms with Gasteiger partial charge in [0.2, 0.25) is 0 Å². The zero-order chi connectivity index (χ0) is 12.5. The Labute approximate surface area is 104 Å². The minimum atomic E-state index is 0.202. The Hall–Kier alpha value is -1.02. The lowest BCUT2D eigenvalue weighted by atomic mass is 10.0. The highest BCUT2D eigenvalue weighted by Gasteiger charge is 2.24. The second-order valence-electron chi connectivity index (χ2n) is 5.67. The molecular weight excluding hydrogens is 210 g/mol. The van der Waals surface area contributed by atoms with Crippen molar-refractivity contribution in [1.82, 2.24) is 5.32 Å². The van der Waals surface area contributed by atoms with Crippen LogP contribution in [0.3, 0.4) is 0 Å². The molecule has 0 saturated carbocycles. The topological polar surface area (TPSA) is 21.3 Å². The van der Waals surface area contributed by atoms with Crippen LogP contribution in [-0.4, -0.2) is 18.2 Å². The minimum absolute atomic E-state index is 0.202. The van der Waals surface area contributed by atoms with Crippen molar-refractivity contribution in [2.45, 2.75) is 52.2 Å². The number of rotatable bonds is 4. The van der Waals surface area contributed by atoms with E-state index in [0.29, 0.717) is 0 Å². The first-order chi connectivity index (χ1) is 8.00. The van der Waals surface area contributed by atoms with Gasteiger partial charge in [0, 0.05) is 18.5 Å². The fraction of sp³-hybridized carbons (Fsp3) is 0.600. The molecule has 17 heavy (non-hydrogen) atoms. The molecule has 1 aliphatic heterocycles. The summed E-state index contributed by atoms with van der Waals surface area (Å²) in [5.41, 5.74) is 2.87. The van der Waals surface area contributed by atoms with Crippen LogP contribution < -0.4 is 10.1 Å². The summed E-state index contributed by atoms with van der Waals surface area (Å²) in [5, 5.41) is 3.58. The second kappa shape index (κ2) is 4.69. The predicted octanol–water partition coefficient (Wildman–Crippen LogP) is 3.08. The van der Waals surface area contributed by atoms with Gasteiger partial charge in [0.25, 0.3) is 0 Å². The van der Waals surface area contributed by atoms with Crippen LogP contribution in [0, 0.1) is 6.92 Å². The van der Waals surface area contributed by atoms with Gasteiger partial charge in [-0.15, -0.1) is 0 Å². The third kappa shape index (κ3) is 3.01. The largest absolute Gasteiger partial charge is 0.488 e. The van der Waals surface area contributed by atoms with Gasteiger partial charge in [-0.05, 0) is 38.8 Å². The first-order valence-corrected chi connectivity index (χ1v) is 6.51. The number of ether oxygens (including phenoxy) is 1. The summed E-state index contributed by atoms with van der Waals surface area (Å²) >= 11 is 0. The number of hydrogen-bond donors (Lipinski definition) is 1. The highest BCUT2D eigenvalue weighted by atomic mass is 16.5. The molecule has 0 radical (unpaired) electrons. The van der Waals surface area contributed by atoms with Crippen molar-refractivity contribution in [3.05, 3.63) is 29.3 Å². The standard InChI is InChI=1S/C15H23NO/c1-5-15(3,4)16-10-13-9-12-8-11(2)6-7-14(12)17-13/h6-8,13,16H,5,9-10H2,1-4H3. The van der Waals surface area contributed by atoms with Crippen LogP contribution >= 0.6 is 0 Å². The Kier molecular flexibility index (Phi) is 3.43. The van der Waals surface area contributed by atoms with Crippen LogP contribution in [-0.2, 0) is 6.42 Å². The van der Waals surface area contributed by atoms with Gasteiger partial charge >= 0.3 is 0 Å². The van der Waals surface area contributed by atoms with Crippen LogP contribution in [0.1, 0.15) is 38.3 Å². The van der Waals surface area contributed by atoms with Crippen molar-refractivity contribution < 1.29 is 4.74 Å². The highest BCUT2D eigenvalue weighted by Crippen LogP contribution is 2.29. The first-order valence-electron chi connectivity index (χ1n) is 6.51. The maximum atomic E-state index is 5.94. The first kappa shape index (κ1) is 12.4. The number of aryl methyl sites for hydroxylation is 1. The average molecular weight is 233 g/mol. The van der Waals surface area contributed by atoms with Crippen molar-refractivity contribution in [1.29, 1.82) is 0 Å². The molecule has 1 N–H and O–H groups in total. The normalized spacial score (nSPS) is 18.9. The number of nitrogens with one attached hydrogen (secondary N) is 1. The van der Waals surface area contributed by atoms with Gasteiger partial charge in [0.1, 0.15) is 11.9 Å². The van der Waals surface area contributed by atoms with E-state index in [-0.39, 0.29) is 11.6 Å². The van der Waals surface area contributed by atoms with E-state index in [1.165, 1.54) is 11.1 Å². The Bertz CT molecular complexity index is 398. The van der Waals surface area contributed by atoms with Gasteiger partial charge in [0.15, 0.2) is 0 Å². The molecule has 94 valence electrons. The molecule has 0 bridgehead atoms. The third-order valence-electron chi connectivity index (χ3n) is 3.65. The molecule has 1 aliphatic rings. The van der Waals surface area contributed by atoms with Gasteiger partial charge in [-0.1, -0.05) is 24.6 Å². The molecular formula is C15H23NO. The van der Waals surface area contributed by atoms with Crippen LogP contribution in [0.5, 0.6) is 5.75 Å². The van der Waals surface area contributed by atoms with E-state index in [0.717, 1.165) is 25.1 Å². The summed E-state index contributed by atoms with van der Waals surface area (Å²) in [7, 11) is 0. The summed E-state index contributed by atoms with van der Waals surface area (Å²) in [4.78, 5) is 0. The molecule has 0 amide bonds. The SMILES string of the molecule is CCC(C)(C)NCC1Cc2cc(C)ccc2O1. The molecule has 0 spiro atoms. The van der Waals surface area contributed by atoms with E-state index >= 15 is 0 Å². The zero-order valence-corrected chi connectivity index (χ0v) is 11.3. The fourth-order valence-corrected chi connectivity index (χ4v) is 2.08. The van der Waals surface area contributed by atoms with Crippen molar-refractivity contribution in [3.63, 3.8) is 0 Å². The molecule has 0 aromatic heterocycles. The molecule has 1 atom stereocenters. The maximum Gasteiger partial charge on any atom is 0.123 e. The van der Waals surface area contributed by atoms with Crippen molar-refractivity contribution in [2.24, 2.45) is 0 Å². The molecule has 2 nitrogen and oxygen atoms in total. The quantitative estimate of drug-likeness (QED) is 0.863. The number of hydrogen-bond acceptors (Lipinski definition) is 2. The average Bonchev–Trinajstić information content (AvgIpc) is 2.68. The Morgan fingerprint density at radius 3 is 2.88 bits per heavy atom. The summed E-state index contributed by atoms with van der Waals surface area (Å²) in [6.45, 7) is 9.74. The van der Waals surface area contributed by atoms with E-state index in [9.17, 15) is 0 Å². The highest BCUT2D eigenvalue weighted by molar-refractivity contribution is 5.40. The predicted molar refractivity (Wildman–Crippen MR) is 71.7 cm³/mol. The zero-order valence-electron chi connectivity index (χ0n) is 11.3. The molecule has 0 aliphatic carbocycles. The number of benzene rings is 1. The van der Waals surface area contributed by atoms with Gasteiger partial charge in [-0.2, -0.15) is 0 Å². The van der Waals surface area contributed by atoms with Gasteiger partial charge in [0.05, 0.1) is 0 Å². The van der Waals surface area contributed by atoms with Crippen molar-refractivity contribution >= 4 is 0 Å². The van der Waals surface area contributed by atoms with Crippen LogP contribution in [0.4, 0.5) is 0 Å². The monoisotopic (exact) mass is 233 g/mol. The van der Waals surface area contributed by atoms with Crippen LogP contribution in [0.25, 0.3) is 0 Å². The molecule has 0 saturated heterocycles. The summed E-state index contributed by atoms with van der Waals surface area (Å²) in [5.74, 6) is 1.07. The van der Waals surface area contributed by atoms with E-state index in [4.69, 9.17) is 4.74 Å². The van der Waals surface area contributed by atoms with Gasteiger partial charge < -0.3 is 10.1 Å². The minimum Gasteiger partial charge on any atom is -0.488 e. The van der Waals surface area contributed by atoms with Crippen LogP contribution in [0.2, 0.25) is 0 Å². The third-order valence-corrected chi connectivity index (χ3v) is 3.65. The number of fused-ring (bicyclic) bond motifs is 1. The molecule has 1 unspecified atom stereocenters. The van der Waals surface area contributed by atoms with Gasteiger partial charge in [-0.25, -0.2) is 0 Å². The fourth-order valence-electron chi connectivity index (χ4n) is 2.08. The molecule has 1 aromatic rings. The lowest BCUT2D eigenvalue weighted by molar-refractivity contribution is 0.207. The summed E-state index contributed by atoms with van der Waals surface area (Å²) in [6, 6.07) is 6.44. The second-order valence-corrected chi connectivity index (χ2v) is 5.67. The maximum absolute atomic E-state index is 5.94. The molecule has 2 rings (SSSR count). The van der Waals surface area contributed by atoms with Crippen molar-refractivity contribution in [2.75, 3.05) is 6.54 Å². The Morgan fingerprint density at radius 2 is 2.18 bits per heavy atom.